The predicted molar refractivity (Wildman–Crippen MR) is 131 cm³/mol. The van der Waals surface area contributed by atoms with Gasteiger partial charge in [-0.05, 0) is 22.4 Å². The Hall–Kier alpha value is -4.59. The summed E-state index contributed by atoms with van der Waals surface area (Å²) in [6, 6.07) is 13.0. The topological polar surface area (TPSA) is 165 Å². The van der Waals surface area contributed by atoms with Crippen LogP contribution in [0.25, 0.3) is 5.82 Å². The summed E-state index contributed by atoms with van der Waals surface area (Å²) in [4.78, 5) is 14.0. The Morgan fingerprint density at radius 3 is 2.47 bits per heavy atom. The van der Waals surface area contributed by atoms with Crippen molar-refractivity contribution >= 4 is 29.7 Å². The van der Waals surface area contributed by atoms with Crippen molar-refractivity contribution in [2.75, 3.05) is 27.1 Å². The van der Waals surface area contributed by atoms with Crippen LogP contribution in [0.4, 0.5) is 5.82 Å². The van der Waals surface area contributed by atoms with Gasteiger partial charge in [0.1, 0.15) is 17.2 Å². The smallest absolute Gasteiger partial charge is 0.293 e. The number of nitrogens with one attached hydrogen (secondary N) is 1. The number of amides is 1. The van der Waals surface area contributed by atoms with Gasteiger partial charge in [0.2, 0.25) is 11.6 Å². The van der Waals surface area contributed by atoms with Gasteiger partial charge in [0.25, 0.3) is 5.91 Å². The summed E-state index contributed by atoms with van der Waals surface area (Å²) in [6.45, 7) is 0. The van der Waals surface area contributed by atoms with Crippen LogP contribution >= 0.6 is 11.8 Å². The average molecular weight is 511 g/mol. The van der Waals surface area contributed by atoms with E-state index >= 15 is 0 Å². The Morgan fingerprint density at radius 2 is 1.86 bits per heavy atom. The SMILES string of the molecule is COc1cc(OC)c(C=NNC(=O)c2nnn(-c3nonc3N)c2CSc2ccccc2)c(OC)c1. The third kappa shape index (κ3) is 5.22. The highest BCUT2D eigenvalue weighted by molar-refractivity contribution is 7.98. The summed E-state index contributed by atoms with van der Waals surface area (Å²) in [5.74, 6) is 1.31. The zero-order valence-corrected chi connectivity index (χ0v) is 20.4. The maximum atomic E-state index is 13.0. The van der Waals surface area contributed by atoms with E-state index in [0.717, 1.165) is 4.90 Å². The highest BCUT2D eigenvalue weighted by Gasteiger charge is 2.24. The summed E-state index contributed by atoms with van der Waals surface area (Å²) in [7, 11) is 4.54. The van der Waals surface area contributed by atoms with Crippen LogP contribution in [0.2, 0.25) is 0 Å². The summed E-state index contributed by atoms with van der Waals surface area (Å²) in [5, 5.41) is 19.5. The quantitative estimate of drug-likeness (QED) is 0.183. The van der Waals surface area contributed by atoms with Gasteiger partial charge in [-0.25, -0.2) is 10.1 Å². The van der Waals surface area contributed by atoms with Crippen LogP contribution in [0.15, 0.2) is 57.1 Å². The molecule has 0 unspecified atom stereocenters. The number of anilines is 1. The van der Waals surface area contributed by atoms with E-state index in [2.05, 4.69) is 35.8 Å². The number of benzene rings is 2. The van der Waals surface area contributed by atoms with Crippen molar-refractivity contribution in [3.63, 3.8) is 0 Å². The molecule has 0 bridgehead atoms. The van der Waals surface area contributed by atoms with Crippen LogP contribution in [0.3, 0.4) is 0 Å². The normalized spacial score (nSPS) is 11.0. The lowest BCUT2D eigenvalue weighted by Crippen LogP contribution is -2.20. The number of aromatic nitrogens is 5. The Balaban J connectivity index is 1.60. The predicted octanol–water partition coefficient (Wildman–Crippen LogP) is 2.31. The van der Waals surface area contributed by atoms with Gasteiger partial charge in [-0.2, -0.15) is 9.78 Å². The van der Waals surface area contributed by atoms with Gasteiger partial charge in [-0.15, -0.1) is 16.9 Å². The molecule has 1 amide bonds. The second-order valence-electron chi connectivity index (χ2n) is 7.02. The van der Waals surface area contributed by atoms with E-state index in [1.54, 1.807) is 12.1 Å². The first-order valence-electron chi connectivity index (χ1n) is 10.4. The lowest BCUT2D eigenvalue weighted by Gasteiger charge is -2.12. The van der Waals surface area contributed by atoms with Crippen LogP contribution in [-0.2, 0) is 5.75 Å². The number of methoxy groups -OCH3 is 3. The first-order valence-corrected chi connectivity index (χ1v) is 11.4. The number of nitrogens with two attached hydrogens (primary N) is 1. The molecule has 0 atom stereocenters. The number of hydrogen-bond acceptors (Lipinski definition) is 12. The number of thioether (sulfide) groups is 1. The molecule has 2 aromatic carbocycles. The number of nitrogens with zero attached hydrogens (tertiary/aromatic N) is 6. The van der Waals surface area contributed by atoms with E-state index in [4.69, 9.17) is 19.9 Å². The standard InChI is InChI=1S/C22H22N8O5S/c1-32-13-9-17(33-2)15(18(10-13)34-3)11-24-26-22(31)19-16(12-36-14-7-5-4-6-8-14)30(29-25-19)21-20(23)27-35-28-21/h4-11H,12H2,1-3H3,(H2,23,27)(H,26,31). The minimum Gasteiger partial charge on any atom is -0.496 e. The Labute approximate surface area is 209 Å². The molecule has 36 heavy (non-hydrogen) atoms. The third-order valence-corrected chi connectivity index (χ3v) is 5.93. The molecule has 0 aliphatic heterocycles. The minimum absolute atomic E-state index is 0.00883. The number of rotatable bonds is 10. The first kappa shape index (κ1) is 24.5. The molecule has 0 aliphatic carbocycles. The molecular weight excluding hydrogens is 488 g/mol. The van der Waals surface area contributed by atoms with E-state index in [1.165, 1.54) is 44.0 Å². The molecule has 0 saturated heterocycles. The molecule has 0 saturated carbocycles. The van der Waals surface area contributed by atoms with Crippen LogP contribution in [-0.4, -0.2) is 58.8 Å². The van der Waals surface area contributed by atoms with Crippen LogP contribution in [0, 0.1) is 0 Å². The fourth-order valence-corrected chi connectivity index (χ4v) is 4.06. The lowest BCUT2D eigenvalue weighted by molar-refractivity contribution is 0.0949. The van der Waals surface area contributed by atoms with Gasteiger partial charge in [-0.3, -0.25) is 4.79 Å². The summed E-state index contributed by atoms with van der Waals surface area (Å²) in [6.07, 6.45) is 1.40. The molecule has 0 aliphatic rings. The van der Waals surface area contributed by atoms with Gasteiger partial charge < -0.3 is 19.9 Å². The molecule has 0 spiro atoms. The van der Waals surface area contributed by atoms with Gasteiger partial charge >= 0.3 is 0 Å². The largest absolute Gasteiger partial charge is 0.496 e. The maximum absolute atomic E-state index is 13.0. The van der Waals surface area contributed by atoms with Gasteiger partial charge in [0.15, 0.2) is 5.69 Å². The van der Waals surface area contributed by atoms with Crippen molar-refractivity contribution < 1.29 is 23.6 Å². The van der Waals surface area contributed by atoms with E-state index in [0.29, 0.717) is 34.3 Å². The Kier molecular flexibility index (Phi) is 7.65. The van der Waals surface area contributed by atoms with Crippen molar-refractivity contribution in [1.29, 1.82) is 0 Å². The van der Waals surface area contributed by atoms with Gasteiger partial charge in [0, 0.05) is 22.8 Å². The zero-order valence-electron chi connectivity index (χ0n) is 19.5. The Bertz CT molecular complexity index is 1350. The second-order valence-corrected chi connectivity index (χ2v) is 8.06. The molecule has 2 heterocycles. The van der Waals surface area contributed by atoms with Gasteiger partial charge in [-0.1, -0.05) is 23.4 Å². The lowest BCUT2D eigenvalue weighted by atomic mass is 10.2. The number of carbonyl (C=O) groups is 1. The van der Waals surface area contributed by atoms with Crippen molar-refractivity contribution in [2.45, 2.75) is 10.6 Å². The maximum Gasteiger partial charge on any atom is 0.293 e. The molecule has 4 rings (SSSR count). The molecule has 14 heteroatoms. The van der Waals surface area contributed by atoms with Crippen molar-refractivity contribution in [1.82, 2.24) is 30.7 Å². The number of ether oxygens (including phenoxy) is 3. The van der Waals surface area contributed by atoms with E-state index in [1.807, 2.05) is 30.3 Å². The second kappa shape index (κ2) is 11.2. The number of carbonyl (C=O) groups excluding carboxylic acids is 1. The van der Waals surface area contributed by atoms with Crippen LogP contribution in [0.1, 0.15) is 21.7 Å². The van der Waals surface area contributed by atoms with Crippen LogP contribution in [0.5, 0.6) is 17.2 Å². The third-order valence-electron chi connectivity index (χ3n) is 4.91. The fraction of sp³-hybridized carbons (Fsp3) is 0.182. The Morgan fingerprint density at radius 1 is 1.14 bits per heavy atom. The summed E-state index contributed by atoms with van der Waals surface area (Å²) in [5.41, 5.74) is 9.27. The summed E-state index contributed by atoms with van der Waals surface area (Å²) >= 11 is 1.48. The minimum atomic E-state index is -0.595. The van der Waals surface area contributed by atoms with E-state index < -0.39 is 5.91 Å². The molecular formula is C22H22N8O5S. The monoisotopic (exact) mass is 510 g/mol. The molecule has 2 aromatic heterocycles. The van der Waals surface area contributed by atoms with Gasteiger partial charge in [0.05, 0.1) is 38.8 Å². The molecule has 4 aromatic rings. The van der Waals surface area contributed by atoms with Crippen LogP contribution < -0.4 is 25.4 Å². The van der Waals surface area contributed by atoms with Crippen molar-refractivity contribution in [2.24, 2.45) is 5.10 Å². The first-order chi connectivity index (χ1) is 17.5. The van der Waals surface area contributed by atoms with E-state index in [-0.39, 0.29) is 17.3 Å². The molecule has 186 valence electrons. The van der Waals surface area contributed by atoms with Crippen molar-refractivity contribution in [3.05, 3.63) is 59.4 Å². The molecule has 0 radical (unpaired) electrons. The molecule has 3 N–H and O–H groups in total. The number of hydrogen-bond donors (Lipinski definition) is 2. The highest BCUT2D eigenvalue weighted by atomic mass is 32.2. The number of hydrazone groups is 1. The fourth-order valence-electron chi connectivity index (χ4n) is 3.15. The summed E-state index contributed by atoms with van der Waals surface area (Å²) < 4.78 is 22.0. The molecule has 0 fully saturated rings. The highest BCUT2D eigenvalue weighted by Crippen LogP contribution is 2.32. The van der Waals surface area contributed by atoms with Crippen molar-refractivity contribution in [3.8, 4) is 23.1 Å². The molecule has 13 nitrogen and oxygen atoms in total. The van der Waals surface area contributed by atoms with E-state index in [9.17, 15) is 4.79 Å². The zero-order chi connectivity index (χ0) is 25.5. The average Bonchev–Trinajstić information content (AvgIpc) is 3.53. The number of nitrogen functional groups attached to an aromatic ring is 1.